The van der Waals surface area contributed by atoms with Gasteiger partial charge in [0, 0.05) is 26.4 Å². The average molecular weight is 335 g/mol. The number of nitrogens with zero attached hydrogens (tertiary/aromatic N) is 1. The number of ether oxygens (including phenoxy) is 3. The molecule has 134 valence electrons. The maximum atomic E-state index is 5.96. The van der Waals surface area contributed by atoms with E-state index in [0.717, 1.165) is 37.2 Å². The van der Waals surface area contributed by atoms with Crippen LogP contribution in [0.4, 0.5) is 0 Å². The molecule has 0 aliphatic carbocycles. The van der Waals surface area contributed by atoms with Crippen molar-refractivity contribution in [1.29, 1.82) is 0 Å². The van der Waals surface area contributed by atoms with Crippen LogP contribution in [-0.4, -0.2) is 45.0 Å². The summed E-state index contributed by atoms with van der Waals surface area (Å²) in [5, 5.41) is 3.10. The second kappa shape index (κ2) is 10.3. The van der Waals surface area contributed by atoms with Crippen molar-refractivity contribution in [3.05, 3.63) is 35.4 Å². The van der Waals surface area contributed by atoms with Crippen LogP contribution < -0.4 is 11.1 Å². The zero-order valence-electron chi connectivity index (χ0n) is 14.7. The molecular weight excluding hydrogens is 306 g/mol. The van der Waals surface area contributed by atoms with Crippen molar-refractivity contribution in [1.82, 2.24) is 5.32 Å². The van der Waals surface area contributed by atoms with Gasteiger partial charge in [0.15, 0.2) is 5.96 Å². The lowest BCUT2D eigenvalue weighted by Crippen LogP contribution is -2.40. The standard InChI is InChI=1S/C18H29N3O3/c1-14(12-22-2)21-18(19)20-11-15-4-3-5-16(10-15)13-24-17-6-8-23-9-7-17/h3-5,10,14,17H,6-9,11-13H2,1-2H3,(H3,19,20,21). The Labute approximate surface area is 144 Å². The van der Waals surface area contributed by atoms with E-state index in [4.69, 9.17) is 19.9 Å². The number of guanidine groups is 1. The fourth-order valence-corrected chi connectivity index (χ4v) is 2.64. The third-order valence-corrected chi connectivity index (χ3v) is 3.89. The van der Waals surface area contributed by atoms with Crippen LogP contribution in [0.3, 0.4) is 0 Å². The minimum Gasteiger partial charge on any atom is -0.383 e. The largest absolute Gasteiger partial charge is 0.383 e. The molecule has 0 aromatic heterocycles. The molecule has 6 heteroatoms. The van der Waals surface area contributed by atoms with Gasteiger partial charge >= 0.3 is 0 Å². The van der Waals surface area contributed by atoms with Crippen LogP contribution in [0.1, 0.15) is 30.9 Å². The van der Waals surface area contributed by atoms with E-state index in [0.29, 0.717) is 31.8 Å². The Kier molecular flexibility index (Phi) is 8.01. The summed E-state index contributed by atoms with van der Waals surface area (Å²) in [6, 6.07) is 8.42. The fourth-order valence-electron chi connectivity index (χ4n) is 2.64. The highest BCUT2D eigenvalue weighted by atomic mass is 16.5. The predicted octanol–water partition coefficient (Wildman–Crippen LogP) is 1.82. The number of aliphatic imine (C=N–C) groups is 1. The number of rotatable bonds is 8. The van der Waals surface area contributed by atoms with Gasteiger partial charge in [-0.3, -0.25) is 0 Å². The Balaban J connectivity index is 1.81. The Morgan fingerprint density at radius 3 is 2.88 bits per heavy atom. The van der Waals surface area contributed by atoms with Gasteiger partial charge in [-0.15, -0.1) is 0 Å². The average Bonchev–Trinajstić information content (AvgIpc) is 2.60. The quantitative estimate of drug-likeness (QED) is 0.560. The zero-order chi connectivity index (χ0) is 17.2. The summed E-state index contributed by atoms with van der Waals surface area (Å²) in [7, 11) is 1.67. The van der Waals surface area contributed by atoms with Crippen LogP contribution in [0.2, 0.25) is 0 Å². The third-order valence-electron chi connectivity index (χ3n) is 3.89. The molecule has 1 aliphatic heterocycles. The molecule has 2 rings (SSSR count). The molecule has 1 fully saturated rings. The van der Waals surface area contributed by atoms with Gasteiger partial charge in [0.25, 0.3) is 0 Å². The summed E-state index contributed by atoms with van der Waals surface area (Å²) in [5.74, 6) is 0.434. The molecule has 1 aromatic rings. The Morgan fingerprint density at radius 1 is 1.38 bits per heavy atom. The van der Waals surface area contributed by atoms with Crippen molar-refractivity contribution in [3.63, 3.8) is 0 Å². The summed E-state index contributed by atoms with van der Waals surface area (Å²) in [6.45, 7) is 5.36. The van der Waals surface area contributed by atoms with E-state index in [1.807, 2.05) is 19.1 Å². The minimum atomic E-state index is 0.137. The lowest BCUT2D eigenvalue weighted by molar-refractivity contribution is -0.0390. The van der Waals surface area contributed by atoms with Crippen molar-refractivity contribution in [3.8, 4) is 0 Å². The van der Waals surface area contributed by atoms with Gasteiger partial charge in [0.2, 0.25) is 0 Å². The molecule has 1 saturated heterocycles. The summed E-state index contributed by atoms with van der Waals surface area (Å²) < 4.78 is 16.4. The highest BCUT2D eigenvalue weighted by Gasteiger charge is 2.14. The van der Waals surface area contributed by atoms with Gasteiger partial charge in [-0.05, 0) is 30.9 Å². The van der Waals surface area contributed by atoms with Crippen LogP contribution in [-0.2, 0) is 27.4 Å². The zero-order valence-corrected chi connectivity index (χ0v) is 14.7. The maximum Gasteiger partial charge on any atom is 0.189 e. The Bertz CT molecular complexity index is 516. The maximum absolute atomic E-state index is 5.96. The second-order valence-corrected chi connectivity index (χ2v) is 6.14. The molecule has 1 atom stereocenters. The number of hydrogen-bond donors (Lipinski definition) is 2. The fraction of sp³-hybridized carbons (Fsp3) is 0.611. The van der Waals surface area contributed by atoms with Gasteiger partial charge < -0.3 is 25.3 Å². The van der Waals surface area contributed by atoms with Gasteiger partial charge in [-0.2, -0.15) is 0 Å². The SMILES string of the molecule is COCC(C)NC(N)=NCc1cccc(COC2CCOCC2)c1. The molecule has 1 unspecified atom stereocenters. The van der Waals surface area contributed by atoms with E-state index in [1.54, 1.807) is 7.11 Å². The summed E-state index contributed by atoms with van der Waals surface area (Å²) in [5.41, 5.74) is 8.17. The Morgan fingerprint density at radius 2 is 2.12 bits per heavy atom. The molecule has 0 bridgehead atoms. The van der Waals surface area contributed by atoms with E-state index in [9.17, 15) is 0 Å². The molecule has 0 spiro atoms. The van der Waals surface area contributed by atoms with Crippen molar-refractivity contribution in [2.75, 3.05) is 26.9 Å². The number of methoxy groups -OCH3 is 1. The summed E-state index contributed by atoms with van der Waals surface area (Å²) >= 11 is 0. The molecule has 24 heavy (non-hydrogen) atoms. The van der Waals surface area contributed by atoms with Crippen LogP contribution in [0.25, 0.3) is 0 Å². The highest BCUT2D eigenvalue weighted by molar-refractivity contribution is 5.78. The van der Waals surface area contributed by atoms with Gasteiger partial charge in [-0.1, -0.05) is 24.3 Å². The molecule has 0 saturated carbocycles. The first kappa shape index (κ1) is 18.7. The molecule has 1 aromatic carbocycles. The first-order valence-corrected chi connectivity index (χ1v) is 8.50. The van der Waals surface area contributed by atoms with E-state index < -0.39 is 0 Å². The molecule has 0 amide bonds. The molecule has 0 radical (unpaired) electrons. The molecule has 3 N–H and O–H groups in total. The van der Waals surface area contributed by atoms with Gasteiger partial charge in [0.1, 0.15) is 0 Å². The lowest BCUT2D eigenvalue weighted by Gasteiger charge is -2.22. The van der Waals surface area contributed by atoms with Gasteiger partial charge in [0.05, 0.1) is 25.9 Å². The topological polar surface area (TPSA) is 78.1 Å². The second-order valence-electron chi connectivity index (χ2n) is 6.14. The highest BCUT2D eigenvalue weighted by Crippen LogP contribution is 2.14. The number of nitrogens with one attached hydrogen (secondary N) is 1. The van der Waals surface area contributed by atoms with Crippen LogP contribution in [0.5, 0.6) is 0 Å². The lowest BCUT2D eigenvalue weighted by atomic mass is 10.1. The van der Waals surface area contributed by atoms with Crippen LogP contribution in [0.15, 0.2) is 29.3 Å². The number of nitrogens with two attached hydrogens (primary N) is 1. The monoisotopic (exact) mass is 335 g/mol. The third kappa shape index (κ3) is 6.86. The predicted molar refractivity (Wildman–Crippen MR) is 94.9 cm³/mol. The summed E-state index contributed by atoms with van der Waals surface area (Å²) in [6.07, 6.45) is 2.26. The Hall–Kier alpha value is -1.63. The normalized spacial score (nSPS) is 17.7. The van der Waals surface area contributed by atoms with E-state index in [2.05, 4.69) is 22.4 Å². The number of benzene rings is 1. The molecule has 1 heterocycles. The smallest absolute Gasteiger partial charge is 0.189 e. The van der Waals surface area contributed by atoms with Crippen LogP contribution >= 0.6 is 0 Å². The molecule has 1 aliphatic rings. The first-order valence-electron chi connectivity index (χ1n) is 8.50. The minimum absolute atomic E-state index is 0.137. The van der Waals surface area contributed by atoms with Gasteiger partial charge in [-0.25, -0.2) is 4.99 Å². The van der Waals surface area contributed by atoms with Crippen molar-refractivity contribution in [2.24, 2.45) is 10.7 Å². The van der Waals surface area contributed by atoms with E-state index in [1.165, 1.54) is 0 Å². The first-order chi connectivity index (χ1) is 11.7. The van der Waals surface area contributed by atoms with Crippen molar-refractivity contribution in [2.45, 2.75) is 45.1 Å². The molecule has 6 nitrogen and oxygen atoms in total. The van der Waals surface area contributed by atoms with E-state index >= 15 is 0 Å². The van der Waals surface area contributed by atoms with Crippen LogP contribution in [0, 0.1) is 0 Å². The van der Waals surface area contributed by atoms with Crippen molar-refractivity contribution < 1.29 is 14.2 Å². The number of hydrogen-bond acceptors (Lipinski definition) is 4. The molecular formula is C18H29N3O3. The summed E-state index contributed by atoms with van der Waals surface area (Å²) in [4.78, 5) is 4.38. The van der Waals surface area contributed by atoms with Crippen molar-refractivity contribution >= 4 is 5.96 Å². The van der Waals surface area contributed by atoms with E-state index in [-0.39, 0.29) is 6.04 Å².